The summed E-state index contributed by atoms with van der Waals surface area (Å²) in [5, 5.41) is 5.12. The summed E-state index contributed by atoms with van der Waals surface area (Å²) in [6.07, 6.45) is 6.97. The molecule has 0 bridgehead atoms. The highest BCUT2D eigenvalue weighted by molar-refractivity contribution is 8.00. The molecule has 0 radical (unpaired) electrons. The van der Waals surface area contributed by atoms with Crippen LogP contribution in [0, 0.1) is 0 Å². The van der Waals surface area contributed by atoms with E-state index in [1.54, 1.807) is 61.1 Å². The maximum atomic E-state index is 13.9. The molecule has 2 atom stereocenters. The van der Waals surface area contributed by atoms with E-state index in [0.29, 0.717) is 52.8 Å². The van der Waals surface area contributed by atoms with Crippen molar-refractivity contribution < 1.29 is 24.0 Å². The number of amides is 5. The third-order valence-electron chi connectivity index (χ3n) is 9.70. The first-order valence-corrected chi connectivity index (χ1v) is 17.9. The molecule has 2 aromatic carbocycles. The minimum Gasteiger partial charge on any atom is -0.382 e. The molecule has 14 nitrogen and oxygen atoms in total. The maximum absolute atomic E-state index is 13.9. The standard InChI is InChI=1S/C37H33N9O5S/c38-33-32-31(21-9-11-22(12-10-21)35(49)41-28-8-1-2-15-39-28)43-34(45(32)18-16-40-33)25-6-4-17-44(25)30(48)20-52-27-7-3-5-23-24(27)19-46(37(23)51)26-13-14-29(47)42-36(26)50/h1-3,5,7-12,15-16,18,25-26H,4,6,13-14,17,19-20H2,(H2,38,40)(H,39,41,49)(H,42,47,50)/t25-,26?/m0/s1. The summed E-state index contributed by atoms with van der Waals surface area (Å²) < 4.78 is 1.89. The Morgan fingerprint density at radius 3 is 2.60 bits per heavy atom. The highest BCUT2D eigenvalue weighted by atomic mass is 32.2. The van der Waals surface area contributed by atoms with E-state index in [2.05, 4.69) is 20.6 Å². The number of aromatic nitrogens is 4. The number of piperidine rings is 1. The number of hydrogen-bond acceptors (Lipinski definition) is 10. The summed E-state index contributed by atoms with van der Waals surface area (Å²) in [6, 6.07) is 16.7. The van der Waals surface area contributed by atoms with Crippen LogP contribution in [-0.4, -0.2) is 77.0 Å². The Morgan fingerprint density at radius 1 is 0.962 bits per heavy atom. The van der Waals surface area contributed by atoms with Crippen LogP contribution in [0.15, 0.2) is 84.1 Å². The van der Waals surface area contributed by atoms with E-state index >= 15 is 0 Å². The first-order valence-electron chi connectivity index (χ1n) is 16.9. The van der Waals surface area contributed by atoms with Crippen molar-refractivity contribution in [3.8, 4) is 11.3 Å². The average Bonchev–Trinajstić information content (AvgIpc) is 3.88. The number of nitrogens with two attached hydrogens (primary N) is 1. The molecule has 0 saturated carbocycles. The second-order valence-corrected chi connectivity index (χ2v) is 13.8. The molecule has 52 heavy (non-hydrogen) atoms. The van der Waals surface area contributed by atoms with Gasteiger partial charge in [-0.3, -0.25) is 33.7 Å². The Morgan fingerprint density at radius 2 is 1.81 bits per heavy atom. The van der Waals surface area contributed by atoms with Gasteiger partial charge in [-0.25, -0.2) is 15.0 Å². The average molecular weight is 716 g/mol. The molecule has 1 unspecified atom stereocenters. The summed E-state index contributed by atoms with van der Waals surface area (Å²) in [4.78, 5) is 81.9. The molecule has 5 aromatic rings. The lowest BCUT2D eigenvalue weighted by atomic mass is 10.0. The van der Waals surface area contributed by atoms with Gasteiger partial charge in [-0.2, -0.15) is 0 Å². The van der Waals surface area contributed by atoms with E-state index < -0.39 is 11.9 Å². The minimum absolute atomic E-state index is 0.0694. The van der Waals surface area contributed by atoms with Gasteiger partial charge in [-0.1, -0.05) is 24.3 Å². The zero-order valence-electron chi connectivity index (χ0n) is 27.8. The van der Waals surface area contributed by atoms with Gasteiger partial charge in [-0.15, -0.1) is 11.8 Å². The molecule has 3 aliphatic heterocycles. The van der Waals surface area contributed by atoms with Crippen molar-refractivity contribution in [1.82, 2.24) is 34.5 Å². The Labute approximate surface area is 301 Å². The van der Waals surface area contributed by atoms with Crippen molar-refractivity contribution in [2.75, 3.05) is 23.3 Å². The van der Waals surface area contributed by atoms with Gasteiger partial charge in [0.05, 0.1) is 11.8 Å². The Balaban J connectivity index is 1.00. The Kier molecular flexibility index (Phi) is 8.63. The lowest BCUT2D eigenvalue weighted by molar-refractivity contribution is -0.137. The quantitative estimate of drug-likeness (QED) is 0.158. The predicted octanol–water partition coefficient (Wildman–Crippen LogP) is 3.84. The van der Waals surface area contributed by atoms with Gasteiger partial charge in [0.25, 0.3) is 11.8 Å². The third-order valence-corrected chi connectivity index (χ3v) is 10.8. The minimum atomic E-state index is -0.712. The number of hydrogen-bond donors (Lipinski definition) is 3. The lowest BCUT2D eigenvalue weighted by Crippen LogP contribution is -2.52. The molecule has 2 fully saturated rings. The van der Waals surface area contributed by atoms with Crippen molar-refractivity contribution in [2.24, 2.45) is 0 Å². The summed E-state index contributed by atoms with van der Waals surface area (Å²) in [5.74, 6) is 0.133. The number of carbonyl (C=O) groups is 5. The smallest absolute Gasteiger partial charge is 0.256 e. The Hall–Kier alpha value is -6.09. The van der Waals surface area contributed by atoms with Gasteiger partial charge in [0.2, 0.25) is 17.7 Å². The zero-order chi connectivity index (χ0) is 35.9. The van der Waals surface area contributed by atoms with E-state index in [1.807, 2.05) is 27.5 Å². The van der Waals surface area contributed by atoms with Crippen LogP contribution >= 0.6 is 11.8 Å². The summed E-state index contributed by atoms with van der Waals surface area (Å²) in [7, 11) is 0. The van der Waals surface area contributed by atoms with Gasteiger partial charge < -0.3 is 20.9 Å². The largest absolute Gasteiger partial charge is 0.382 e. The van der Waals surface area contributed by atoms with Gasteiger partial charge in [0.15, 0.2) is 0 Å². The van der Waals surface area contributed by atoms with Crippen molar-refractivity contribution >= 4 is 58.5 Å². The molecule has 262 valence electrons. The number of benzene rings is 2. The van der Waals surface area contributed by atoms with E-state index in [4.69, 9.17) is 10.7 Å². The molecule has 0 aliphatic carbocycles. The maximum Gasteiger partial charge on any atom is 0.256 e. The molecule has 0 spiro atoms. The van der Waals surface area contributed by atoms with Crippen molar-refractivity contribution in [3.05, 3.63) is 102 Å². The number of nitrogens with zero attached hydrogens (tertiary/aromatic N) is 6. The molecular weight excluding hydrogens is 683 g/mol. The number of imidazole rings is 1. The van der Waals surface area contributed by atoms with E-state index in [1.165, 1.54) is 16.7 Å². The Bertz CT molecular complexity index is 2260. The zero-order valence-corrected chi connectivity index (χ0v) is 28.6. The van der Waals surface area contributed by atoms with Gasteiger partial charge >= 0.3 is 0 Å². The van der Waals surface area contributed by atoms with Crippen LogP contribution in [-0.2, 0) is 20.9 Å². The SMILES string of the molecule is Nc1nccn2c([C@@H]3CCCN3C(=O)CSc3cccc4c3CN(C3CCC(=O)NC3=O)C4=O)nc(-c3ccc(C(=O)Nc4ccccn4)cc3)c12. The number of anilines is 2. The van der Waals surface area contributed by atoms with Gasteiger partial charge in [-0.05, 0) is 61.2 Å². The van der Waals surface area contributed by atoms with Crippen LogP contribution in [0.25, 0.3) is 16.8 Å². The second kappa shape index (κ2) is 13.6. The highest BCUT2D eigenvalue weighted by Crippen LogP contribution is 2.38. The number of nitrogens with one attached hydrogen (secondary N) is 2. The molecule has 8 rings (SSSR count). The fraction of sp³-hybridized carbons (Fsp3) is 0.243. The number of pyridine rings is 1. The number of imide groups is 1. The summed E-state index contributed by atoms with van der Waals surface area (Å²) >= 11 is 1.36. The predicted molar refractivity (Wildman–Crippen MR) is 192 cm³/mol. The number of rotatable bonds is 8. The number of likely N-dealkylation sites (tertiary alicyclic amines) is 1. The summed E-state index contributed by atoms with van der Waals surface area (Å²) in [5.41, 5.74) is 10.1. The van der Waals surface area contributed by atoms with Crippen molar-refractivity contribution in [1.29, 1.82) is 0 Å². The molecule has 15 heteroatoms. The number of fused-ring (bicyclic) bond motifs is 2. The van der Waals surface area contributed by atoms with Crippen LogP contribution in [0.2, 0.25) is 0 Å². The van der Waals surface area contributed by atoms with E-state index in [0.717, 1.165) is 22.4 Å². The van der Waals surface area contributed by atoms with Crippen LogP contribution in [0.5, 0.6) is 0 Å². The monoisotopic (exact) mass is 715 g/mol. The molecular formula is C37H33N9O5S. The summed E-state index contributed by atoms with van der Waals surface area (Å²) in [6.45, 7) is 0.794. The van der Waals surface area contributed by atoms with Gasteiger partial charge in [0.1, 0.15) is 34.7 Å². The first-order chi connectivity index (χ1) is 25.3. The molecule has 3 aliphatic rings. The van der Waals surface area contributed by atoms with Crippen LogP contribution < -0.4 is 16.4 Å². The second-order valence-electron chi connectivity index (χ2n) is 12.8. The lowest BCUT2D eigenvalue weighted by Gasteiger charge is -2.29. The molecule has 3 aromatic heterocycles. The molecule has 6 heterocycles. The fourth-order valence-electron chi connectivity index (χ4n) is 7.18. The molecule has 2 saturated heterocycles. The fourth-order valence-corrected chi connectivity index (χ4v) is 8.14. The normalized spacial score (nSPS) is 18.5. The number of thioether (sulfide) groups is 1. The van der Waals surface area contributed by atoms with Crippen LogP contribution in [0.4, 0.5) is 11.6 Å². The van der Waals surface area contributed by atoms with Crippen LogP contribution in [0.1, 0.15) is 63.8 Å². The highest BCUT2D eigenvalue weighted by Gasteiger charge is 2.40. The van der Waals surface area contributed by atoms with Gasteiger partial charge in [0, 0.05) is 59.7 Å². The van der Waals surface area contributed by atoms with Crippen LogP contribution in [0.3, 0.4) is 0 Å². The molecule has 4 N–H and O–H groups in total. The topological polar surface area (TPSA) is 185 Å². The first kappa shape index (κ1) is 33.1. The van der Waals surface area contributed by atoms with Crippen molar-refractivity contribution in [2.45, 2.75) is 49.2 Å². The van der Waals surface area contributed by atoms with E-state index in [9.17, 15) is 24.0 Å². The van der Waals surface area contributed by atoms with E-state index in [-0.39, 0.29) is 54.8 Å². The van der Waals surface area contributed by atoms with Crippen molar-refractivity contribution in [3.63, 3.8) is 0 Å². The number of nitrogen functional groups attached to an aromatic ring is 1. The third kappa shape index (κ3) is 6.02. The number of carbonyl (C=O) groups excluding carboxylic acids is 5. The molecule has 5 amide bonds.